The average molecular weight is 397 g/mol. The maximum atomic E-state index is 13.2. The van der Waals surface area contributed by atoms with Crippen molar-refractivity contribution in [3.05, 3.63) is 93.4 Å². The molecule has 0 radical (unpaired) electrons. The van der Waals surface area contributed by atoms with Crippen LogP contribution in [0.5, 0.6) is 0 Å². The summed E-state index contributed by atoms with van der Waals surface area (Å²) in [6, 6.07) is 15.0. The van der Waals surface area contributed by atoms with Crippen LogP contribution in [-0.4, -0.2) is 24.8 Å². The largest absolute Gasteiger partial charge is 0.452 e. The fourth-order valence-electron chi connectivity index (χ4n) is 2.54. The molecule has 1 atom stereocenters. The number of nitrogens with one attached hydrogen (secondary N) is 1. The summed E-state index contributed by atoms with van der Waals surface area (Å²) >= 11 is 1.45. The van der Waals surface area contributed by atoms with E-state index in [9.17, 15) is 18.8 Å². The van der Waals surface area contributed by atoms with Crippen LogP contribution in [0.25, 0.3) is 0 Å². The van der Waals surface area contributed by atoms with Gasteiger partial charge in [-0.15, -0.1) is 11.3 Å². The van der Waals surface area contributed by atoms with Crippen molar-refractivity contribution in [1.82, 2.24) is 5.32 Å². The zero-order chi connectivity index (χ0) is 19.9. The van der Waals surface area contributed by atoms with Gasteiger partial charge >= 0.3 is 5.97 Å². The van der Waals surface area contributed by atoms with Gasteiger partial charge in [-0.3, -0.25) is 9.59 Å². The van der Waals surface area contributed by atoms with E-state index in [2.05, 4.69) is 5.32 Å². The number of carbonyl (C=O) groups excluding carboxylic acids is 3. The summed E-state index contributed by atoms with van der Waals surface area (Å²) in [5.41, 5.74) is 1.40. The average Bonchev–Trinajstić information content (AvgIpc) is 3.25. The van der Waals surface area contributed by atoms with Gasteiger partial charge in [0.2, 0.25) is 0 Å². The molecule has 142 valence electrons. The summed E-state index contributed by atoms with van der Waals surface area (Å²) in [4.78, 5) is 35.9. The molecule has 1 heterocycles. The van der Waals surface area contributed by atoms with Crippen molar-refractivity contribution in [3.63, 3.8) is 0 Å². The molecule has 0 fully saturated rings. The third-order valence-electron chi connectivity index (χ3n) is 3.95. The standard InChI is InChI=1S/C21H16FNO4S/c22-17-9-7-15(8-10-17)20(18-2-1-11-28-18)23-19(25)13-27-21(26)16-5-3-14(12-24)4-6-16/h1-12,20H,13H2,(H,23,25)/t20-/m0/s1. The van der Waals surface area contributed by atoms with Crippen LogP contribution in [0.15, 0.2) is 66.0 Å². The quantitative estimate of drug-likeness (QED) is 0.487. The summed E-state index contributed by atoms with van der Waals surface area (Å²) in [6.07, 6.45) is 0.669. The molecule has 0 aliphatic rings. The number of benzene rings is 2. The summed E-state index contributed by atoms with van der Waals surface area (Å²) in [6.45, 7) is -0.461. The molecule has 0 saturated carbocycles. The first-order valence-electron chi connectivity index (χ1n) is 8.37. The molecule has 3 aromatic rings. The molecule has 1 amide bonds. The normalized spacial score (nSPS) is 11.5. The third-order valence-corrected chi connectivity index (χ3v) is 4.89. The van der Waals surface area contributed by atoms with Crippen LogP contribution in [0.3, 0.4) is 0 Å². The molecular weight excluding hydrogens is 381 g/mol. The molecular formula is C21H16FNO4S. The summed E-state index contributed by atoms with van der Waals surface area (Å²) in [5, 5.41) is 4.68. The smallest absolute Gasteiger partial charge is 0.338 e. The van der Waals surface area contributed by atoms with Crippen LogP contribution in [0.1, 0.15) is 37.2 Å². The Bertz CT molecular complexity index is 953. The Kier molecular flexibility index (Phi) is 6.29. The highest BCUT2D eigenvalue weighted by molar-refractivity contribution is 7.10. The Hall–Kier alpha value is -3.32. The molecule has 0 aliphatic carbocycles. The predicted octanol–water partition coefficient (Wildman–Crippen LogP) is 3.76. The Morgan fingerprint density at radius 2 is 1.79 bits per heavy atom. The minimum absolute atomic E-state index is 0.242. The number of hydrogen-bond donors (Lipinski definition) is 1. The van der Waals surface area contributed by atoms with E-state index in [4.69, 9.17) is 4.74 Å². The molecule has 0 aliphatic heterocycles. The Morgan fingerprint density at radius 1 is 1.07 bits per heavy atom. The highest BCUT2D eigenvalue weighted by Crippen LogP contribution is 2.26. The van der Waals surface area contributed by atoms with E-state index in [0.29, 0.717) is 17.4 Å². The van der Waals surface area contributed by atoms with Crippen molar-refractivity contribution in [2.45, 2.75) is 6.04 Å². The van der Waals surface area contributed by atoms with Crippen molar-refractivity contribution in [2.75, 3.05) is 6.61 Å². The number of esters is 1. The highest BCUT2D eigenvalue weighted by atomic mass is 32.1. The van der Waals surface area contributed by atoms with Gasteiger partial charge in [0, 0.05) is 10.4 Å². The number of halogens is 1. The molecule has 7 heteroatoms. The molecule has 0 unspecified atom stereocenters. The minimum Gasteiger partial charge on any atom is -0.452 e. The Balaban J connectivity index is 1.64. The fourth-order valence-corrected chi connectivity index (χ4v) is 3.35. The lowest BCUT2D eigenvalue weighted by Crippen LogP contribution is -2.32. The van der Waals surface area contributed by atoms with Crippen LogP contribution in [0.4, 0.5) is 4.39 Å². The second-order valence-corrected chi connectivity index (χ2v) is 6.86. The number of hydrogen-bond acceptors (Lipinski definition) is 5. The first-order valence-corrected chi connectivity index (χ1v) is 9.25. The molecule has 0 spiro atoms. The molecule has 5 nitrogen and oxygen atoms in total. The SMILES string of the molecule is O=Cc1ccc(C(=O)OCC(=O)N[C@@H](c2ccc(F)cc2)c2cccs2)cc1. The third kappa shape index (κ3) is 4.89. The predicted molar refractivity (Wildman–Crippen MR) is 103 cm³/mol. The molecule has 1 aromatic heterocycles. The van der Waals surface area contributed by atoms with E-state index < -0.39 is 24.5 Å². The maximum Gasteiger partial charge on any atom is 0.338 e. The molecule has 28 heavy (non-hydrogen) atoms. The number of carbonyl (C=O) groups is 3. The number of ether oxygens (including phenoxy) is 1. The molecule has 1 N–H and O–H groups in total. The van der Waals surface area contributed by atoms with Crippen LogP contribution < -0.4 is 5.32 Å². The summed E-state index contributed by atoms with van der Waals surface area (Å²) in [5.74, 6) is -1.52. The van der Waals surface area contributed by atoms with E-state index in [1.165, 1.54) is 47.7 Å². The van der Waals surface area contributed by atoms with Gasteiger partial charge in [-0.25, -0.2) is 9.18 Å². The first-order chi connectivity index (χ1) is 13.6. The van der Waals surface area contributed by atoms with E-state index >= 15 is 0 Å². The Labute approximate surface area is 164 Å². The monoisotopic (exact) mass is 397 g/mol. The number of rotatable bonds is 7. The van der Waals surface area contributed by atoms with Crippen LogP contribution in [0, 0.1) is 5.82 Å². The van der Waals surface area contributed by atoms with Gasteiger partial charge in [0.25, 0.3) is 5.91 Å². The second kappa shape index (κ2) is 9.05. The summed E-state index contributed by atoms with van der Waals surface area (Å²) in [7, 11) is 0. The maximum absolute atomic E-state index is 13.2. The lowest BCUT2D eigenvalue weighted by atomic mass is 10.1. The molecule has 0 bridgehead atoms. The fraction of sp³-hybridized carbons (Fsp3) is 0.0952. The van der Waals surface area contributed by atoms with E-state index in [-0.39, 0.29) is 11.4 Å². The number of thiophene rings is 1. The van der Waals surface area contributed by atoms with Gasteiger partial charge in [-0.2, -0.15) is 0 Å². The lowest BCUT2D eigenvalue weighted by Gasteiger charge is -2.18. The zero-order valence-electron chi connectivity index (χ0n) is 14.6. The van der Waals surface area contributed by atoms with E-state index in [0.717, 1.165) is 4.88 Å². The van der Waals surface area contributed by atoms with Crippen molar-refractivity contribution < 1.29 is 23.5 Å². The topological polar surface area (TPSA) is 72.5 Å². The van der Waals surface area contributed by atoms with Crippen LogP contribution in [0.2, 0.25) is 0 Å². The number of aldehydes is 1. The van der Waals surface area contributed by atoms with Crippen LogP contribution >= 0.6 is 11.3 Å². The Morgan fingerprint density at radius 3 is 2.39 bits per heavy atom. The van der Waals surface area contributed by atoms with E-state index in [1.54, 1.807) is 12.1 Å². The van der Waals surface area contributed by atoms with Crippen molar-refractivity contribution >= 4 is 29.5 Å². The van der Waals surface area contributed by atoms with Gasteiger partial charge in [-0.05, 0) is 41.3 Å². The molecule has 0 saturated heterocycles. The van der Waals surface area contributed by atoms with Gasteiger partial charge in [0.05, 0.1) is 11.6 Å². The second-order valence-electron chi connectivity index (χ2n) is 5.88. The summed E-state index contributed by atoms with van der Waals surface area (Å²) < 4.78 is 18.3. The number of amides is 1. The zero-order valence-corrected chi connectivity index (χ0v) is 15.4. The first kappa shape index (κ1) is 19.4. The van der Waals surface area contributed by atoms with Gasteiger partial charge in [-0.1, -0.05) is 30.3 Å². The molecule has 3 rings (SSSR count). The minimum atomic E-state index is -0.665. The van der Waals surface area contributed by atoms with Gasteiger partial charge in [0.15, 0.2) is 6.61 Å². The van der Waals surface area contributed by atoms with Crippen molar-refractivity contribution in [3.8, 4) is 0 Å². The van der Waals surface area contributed by atoms with Crippen molar-refractivity contribution in [2.24, 2.45) is 0 Å². The van der Waals surface area contributed by atoms with Crippen LogP contribution in [-0.2, 0) is 9.53 Å². The highest BCUT2D eigenvalue weighted by Gasteiger charge is 2.19. The van der Waals surface area contributed by atoms with Gasteiger partial charge < -0.3 is 10.1 Å². The molecule has 2 aromatic carbocycles. The van der Waals surface area contributed by atoms with Crippen molar-refractivity contribution in [1.29, 1.82) is 0 Å². The van der Waals surface area contributed by atoms with Gasteiger partial charge in [0.1, 0.15) is 12.1 Å². The van der Waals surface area contributed by atoms with E-state index in [1.807, 2.05) is 17.5 Å². The lowest BCUT2D eigenvalue weighted by molar-refractivity contribution is -0.124.